The molecule has 1 aromatic carbocycles. The Kier molecular flexibility index (Phi) is 4.46. The van der Waals surface area contributed by atoms with Crippen molar-refractivity contribution < 1.29 is 13.0 Å². The summed E-state index contributed by atoms with van der Waals surface area (Å²) >= 11 is 0. The quantitative estimate of drug-likeness (QED) is 0.754. The predicted molar refractivity (Wildman–Crippen MR) is 70.3 cm³/mol. The summed E-state index contributed by atoms with van der Waals surface area (Å²) in [6, 6.07) is 9.92. The van der Waals surface area contributed by atoms with Crippen molar-refractivity contribution in [1.29, 1.82) is 0 Å². The zero-order valence-electron chi connectivity index (χ0n) is 10.6. The van der Waals surface area contributed by atoms with E-state index in [2.05, 4.69) is 19.6 Å². The third-order valence-corrected chi connectivity index (χ3v) is 7.75. The van der Waals surface area contributed by atoms with Gasteiger partial charge in [-0.05, 0) is 19.6 Å². The van der Waals surface area contributed by atoms with Gasteiger partial charge < -0.3 is 13.0 Å². The Morgan fingerprint density at radius 3 is 1.75 bits per heavy atom. The van der Waals surface area contributed by atoms with E-state index in [-0.39, 0.29) is 0 Å². The third-order valence-electron chi connectivity index (χ3n) is 2.11. The van der Waals surface area contributed by atoms with Crippen LogP contribution in [-0.2, 0) is 13.0 Å². The maximum Gasteiger partial charge on any atom is 0.526 e. The first-order valence-corrected chi connectivity index (χ1v) is 10.4. The summed E-state index contributed by atoms with van der Waals surface area (Å²) in [6.07, 6.45) is 0. The fourth-order valence-corrected chi connectivity index (χ4v) is 7.11. The van der Waals surface area contributed by atoms with Crippen molar-refractivity contribution in [2.24, 2.45) is 0 Å². The second kappa shape index (κ2) is 5.24. The SMILES string of the molecule is CO[Si](OC)(O[Si](C)(C)C)c1ccccc1. The first kappa shape index (κ1) is 13.6. The van der Waals surface area contributed by atoms with Crippen LogP contribution in [0.4, 0.5) is 0 Å². The van der Waals surface area contributed by atoms with Gasteiger partial charge in [0.1, 0.15) is 0 Å². The molecule has 0 saturated heterocycles. The van der Waals surface area contributed by atoms with Crippen LogP contribution in [0.2, 0.25) is 19.6 Å². The molecule has 0 atom stereocenters. The third kappa shape index (κ3) is 3.26. The van der Waals surface area contributed by atoms with Gasteiger partial charge in [-0.2, -0.15) is 0 Å². The van der Waals surface area contributed by atoms with E-state index < -0.39 is 17.1 Å². The largest absolute Gasteiger partial charge is 0.526 e. The number of hydrogen-bond acceptors (Lipinski definition) is 3. The molecule has 0 N–H and O–H groups in total. The summed E-state index contributed by atoms with van der Waals surface area (Å²) in [6.45, 7) is 6.40. The van der Waals surface area contributed by atoms with Gasteiger partial charge in [0.05, 0.1) is 0 Å². The zero-order chi connectivity index (χ0) is 12.2. The fraction of sp³-hybridized carbons (Fsp3) is 0.455. The molecule has 16 heavy (non-hydrogen) atoms. The highest BCUT2D eigenvalue weighted by molar-refractivity contribution is 6.86. The molecule has 0 spiro atoms. The van der Waals surface area contributed by atoms with Crippen LogP contribution < -0.4 is 5.19 Å². The monoisotopic (exact) mass is 256 g/mol. The molecule has 3 nitrogen and oxygen atoms in total. The van der Waals surface area contributed by atoms with Crippen molar-refractivity contribution in [2.75, 3.05) is 14.2 Å². The number of rotatable bonds is 5. The van der Waals surface area contributed by atoms with Crippen molar-refractivity contribution in [1.82, 2.24) is 0 Å². The molecular weight excluding hydrogens is 236 g/mol. The summed E-state index contributed by atoms with van der Waals surface area (Å²) in [7, 11) is -1.09. The lowest BCUT2D eigenvalue weighted by Crippen LogP contribution is -2.59. The lowest BCUT2D eigenvalue weighted by molar-refractivity contribution is 0.175. The van der Waals surface area contributed by atoms with Crippen molar-refractivity contribution in [3.05, 3.63) is 30.3 Å². The smallest absolute Gasteiger partial charge is 0.413 e. The van der Waals surface area contributed by atoms with Gasteiger partial charge in [0, 0.05) is 19.4 Å². The van der Waals surface area contributed by atoms with Gasteiger partial charge in [-0.15, -0.1) is 0 Å². The minimum absolute atomic E-state index is 1.02. The van der Waals surface area contributed by atoms with E-state index in [0.29, 0.717) is 0 Å². The molecule has 0 aromatic heterocycles. The molecule has 0 fully saturated rings. The van der Waals surface area contributed by atoms with Crippen LogP contribution in [-0.4, -0.2) is 31.3 Å². The first-order chi connectivity index (χ1) is 7.43. The van der Waals surface area contributed by atoms with Gasteiger partial charge in [-0.25, -0.2) is 0 Å². The van der Waals surface area contributed by atoms with Crippen LogP contribution >= 0.6 is 0 Å². The van der Waals surface area contributed by atoms with E-state index in [9.17, 15) is 0 Å². The Bertz CT molecular complexity index is 318. The summed E-state index contributed by atoms with van der Waals surface area (Å²) in [5, 5.41) is 1.02. The van der Waals surface area contributed by atoms with E-state index in [0.717, 1.165) is 5.19 Å². The summed E-state index contributed by atoms with van der Waals surface area (Å²) in [4.78, 5) is 0. The zero-order valence-corrected chi connectivity index (χ0v) is 12.6. The van der Waals surface area contributed by atoms with Gasteiger partial charge >= 0.3 is 8.80 Å². The second-order valence-electron chi connectivity index (χ2n) is 4.54. The van der Waals surface area contributed by atoms with Crippen LogP contribution in [0.15, 0.2) is 30.3 Å². The topological polar surface area (TPSA) is 27.7 Å². The number of benzene rings is 1. The Morgan fingerprint density at radius 1 is 0.875 bits per heavy atom. The Morgan fingerprint density at radius 2 is 1.38 bits per heavy atom. The molecule has 0 aliphatic carbocycles. The van der Waals surface area contributed by atoms with Crippen LogP contribution in [0.3, 0.4) is 0 Å². The molecule has 0 unspecified atom stereocenters. The molecule has 0 bridgehead atoms. The van der Waals surface area contributed by atoms with Crippen LogP contribution in [0.1, 0.15) is 0 Å². The van der Waals surface area contributed by atoms with E-state index in [4.69, 9.17) is 13.0 Å². The van der Waals surface area contributed by atoms with Crippen molar-refractivity contribution >= 4 is 22.3 Å². The van der Waals surface area contributed by atoms with E-state index in [1.54, 1.807) is 14.2 Å². The highest BCUT2D eigenvalue weighted by atomic mass is 28.5. The second-order valence-corrected chi connectivity index (χ2v) is 12.1. The molecule has 1 aromatic rings. The molecular formula is C11H20O3Si2. The van der Waals surface area contributed by atoms with Crippen LogP contribution in [0.5, 0.6) is 0 Å². The van der Waals surface area contributed by atoms with Crippen molar-refractivity contribution in [3.8, 4) is 0 Å². The normalized spacial score (nSPS) is 12.8. The Balaban J connectivity index is 3.06. The van der Waals surface area contributed by atoms with Crippen LogP contribution in [0.25, 0.3) is 0 Å². The van der Waals surface area contributed by atoms with E-state index >= 15 is 0 Å². The van der Waals surface area contributed by atoms with Gasteiger partial charge in [0.2, 0.25) is 0 Å². The van der Waals surface area contributed by atoms with Crippen molar-refractivity contribution in [2.45, 2.75) is 19.6 Å². The van der Waals surface area contributed by atoms with Crippen molar-refractivity contribution in [3.63, 3.8) is 0 Å². The highest BCUT2D eigenvalue weighted by Crippen LogP contribution is 2.15. The minimum atomic E-state index is -2.69. The lowest BCUT2D eigenvalue weighted by atomic mass is 10.4. The van der Waals surface area contributed by atoms with Gasteiger partial charge in [0.15, 0.2) is 8.32 Å². The lowest BCUT2D eigenvalue weighted by Gasteiger charge is -2.33. The summed E-state index contributed by atoms with van der Waals surface area (Å²) in [5.41, 5.74) is 0. The van der Waals surface area contributed by atoms with E-state index in [1.807, 2.05) is 30.3 Å². The maximum atomic E-state index is 6.14. The van der Waals surface area contributed by atoms with Gasteiger partial charge in [-0.1, -0.05) is 30.3 Å². The molecule has 90 valence electrons. The molecule has 0 radical (unpaired) electrons. The maximum absolute atomic E-state index is 6.14. The molecule has 1 rings (SSSR count). The first-order valence-electron chi connectivity index (χ1n) is 5.29. The van der Waals surface area contributed by atoms with E-state index in [1.165, 1.54) is 0 Å². The Hall–Kier alpha value is -0.466. The Labute approximate surface area is 99.9 Å². The molecule has 0 amide bonds. The van der Waals surface area contributed by atoms with Gasteiger partial charge in [0.25, 0.3) is 0 Å². The number of hydrogen-bond donors (Lipinski definition) is 0. The molecule has 0 aliphatic rings. The molecule has 0 heterocycles. The summed E-state index contributed by atoms with van der Waals surface area (Å²) < 4.78 is 17.3. The predicted octanol–water partition coefficient (Wildman–Crippen LogP) is 1.98. The average molecular weight is 256 g/mol. The summed E-state index contributed by atoms with van der Waals surface area (Å²) in [5.74, 6) is 0. The van der Waals surface area contributed by atoms with Gasteiger partial charge in [-0.3, -0.25) is 0 Å². The molecule has 0 saturated carbocycles. The molecule has 5 heteroatoms. The standard InChI is InChI=1S/C11H20O3Si2/c1-12-16(13-2,14-15(3,4)5)11-9-7-6-8-10-11/h6-10H,1-5H3. The molecule has 0 aliphatic heterocycles. The average Bonchev–Trinajstić information content (AvgIpc) is 2.26. The van der Waals surface area contributed by atoms with Crippen LogP contribution in [0, 0.1) is 0 Å². The fourth-order valence-electron chi connectivity index (χ4n) is 1.51. The highest BCUT2D eigenvalue weighted by Gasteiger charge is 2.45. The minimum Gasteiger partial charge on any atom is -0.413 e.